The lowest BCUT2D eigenvalue weighted by Crippen LogP contribution is -2.56. The fourth-order valence-corrected chi connectivity index (χ4v) is 3.05. The Morgan fingerprint density at radius 3 is 2.86 bits per heavy atom. The molecule has 1 N–H and O–H groups in total. The van der Waals surface area contributed by atoms with Crippen molar-refractivity contribution in [3.63, 3.8) is 0 Å². The number of aryl methyl sites for hydroxylation is 1. The molecule has 2 fully saturated rings. The molecule has 1 unspecified atom stereocenters. The molecule has 1 saturated heterocycles. The van der Waals surface area contributed by atoms with Crippen LogP contribution in [0.3, 0.4) is 0 Å². The number of aromatic nitrogens is 1. The monoisotopic (exact) mass is 287 g/mol. The van der Waals surface area contributed by atoms with Gasteiger partial charge in [-0.25, -0.2) is 0 Å². The second-order valence-electron chi connectivity index (χ2n) is 6.30. The van der Waals surface area contributed by atoms with E-state index in [1.54, 1.807) is 12.4 Å². The first-order chi connectivity index (χ1) is 10.0. The first-order valence-corrected chi connectivity index (χ1v) is 7.50. The van der Waals surface area contributed by atoms with Crippen molar-refractivity contribution < 1.29 is 9.59 Å². The molecule has 2 aliphatic rings. The molecule has 1 saturated carbocycles. The number of rotatable bonds is 3. The topological polar surface area (TPSA) is 62.3 Å². The predicted molar refractivity (Wildman–Crippen MR) is 78.3 cm³/mol. The maximum Gasteiger partial charge on any atom is 0.248 e. The van der Waals surface area contributed by atoms with Crippen molar-refractivity contribution >= 4 is 11.8 Å². The summed E-state index contributed by atoms with van der Waals surface area (Å²) >= 11 is 0. The Bertz CT molecular complexity index is 583. The molecule has 112 valence electrons. The van der Waals surface area contributed by atoms with Gasteiger partial charge in [0.05, 0.1) is 0 Å². The number of nitrogens with one attached hydrogen (secondary N) is 1. The van der Waals surface area contributed by atoms with Gasteiger partial charge in [-0.3, -0.25) is 14.6 Å². The highest BCUT2D eigenvalue weighted by Gasteiger charge is 2.51. The highest BCUT2D eigenvalue weighted by Crippen LogP contribution is 2.41. The van der Waals surface area contributed by atoms with Crippen LogP contribution in [0.2, 0.25) is 0 Å². The third-order valence-electron chi connectivity index (χ3n) is 4.63. The summed E-state index contributed by atoms with van der Waals surface area (Å²) in [6.45, 7) is 4.90. The van der Waals surface area contributed by atoms with Crippen LogP contribution in [0.4, 0.5) is 0 Å². The molecule has 2 heterocycles. The lowest BCUT2D eigenvalue weighted by atomic mass is 9.94. The van der Waals surface area contributed by atoms with E-state index in [2.05, 4.69) is 10.3 Å². The van der Waals surface area contributed by atoms with E-state index in [0.29, 0.717) is 19.5 Å². The SMILES string of the molecule is Cc1cnccc1CN1CCC(=O)NC(C)(C2CC2)C1=O. The molecule has 1 aromatic heterocycles. The summed E-state index contributed by atoms with van der Waals surface area (Å²) in [6.07, 6.45) is 5.96. The minimum atomic E-state index is -0.728. The lowest BCUT2D eigenvalue weighted by Gasteiger charge is -2.32. The molecule has 0 bridgehead atoms. The maximum absolute atomic E-state index is 12.9. The Hall–Kier alpha value is -1.91. The highest BCUT2D eigenvalue weighted by atomic mass is 16.2. The fraction of sp³-hybridized carbons (Fsp3) is 0.562. The first kappa shape index (κ1) is 14.0. The van der Waals surface area contributed by atoms with Crippen LogP contribution in [0.1, 0.15) is 37.3 Å². The Morgan fingerprint density at radius 1 is 1.43 bits per heavy atom. The van der Waals surface area contributed by atoms with Gasteiger partial charge in [0.1, 0.15) is 5.54 Å². The standard InChI is InChI=1S/C16H21N3O2/c1-11-9-17-7-5-12(11)10-19-8-6-14(20)18-16(2,15(19)21)13-3-4-13/h5,7,9,13H,3-4,6,8,10H2,1-2H3,(H,18,20). The normalized spacial score (nSPS) is 26.5. The van der Waals surface area contributed by atoms with Crippen molar-refractivity contribution in [2.75, 3.05) is 6.54 Å². The molecule has 1 aliphatic carbocycles. The molecule has 3 rings (SSSR count). The summed E-state index contributed by atoms with van der Waals surface area (Å²) in [5.41, 5.74) is 1.43. The molecule has 1 aromatic rings. The van der Waals surface area contributed by atoms with Gasteiger partial charge in [-0.1, -0.05) is 0 Å². The molecular weight excluding hydrogens is 266 g/mol. The smallest absolute Gasteiger partial charge is 0.248 e. The van der Waals surface area contributed by atoms with Crippen LogP contribution in [0.5, 0.6) is 0 Å². The molecule has 5 nitrogen and oxygen atoms in total. The molecule has 0 spiro atoms. The van der Waals surface area contributed by atoms with Gasteiger partial charge in [0.25, 0.3) is 0 Å². The molecule has 0 aromatic carbocycles. The summed E-state index contributed by atoms with van der Waals surface area (Å²) in [5.74, 6) is 0.312. The van der Waals surface area contributed by atoms with Crippen LogP contribution in [0.15, 0.2) is 18.5 Å². The Labute approximate surface area is 124 Å². The minimum Gasteiger partial charge on any atom is -0.342 e. The maximum atomic E-state index is 12.9. The van der Waals surface area contributed by atoms with Gasteiger partial charge in [-0.05, 0) is 49.8 Å². The van der Waals surface area contributed by atoms with E-state index in [1.807, 2.05) is 24.8 Å². The number of pyridine rings is 1. The zero-order chi connectivity index (χ0) is 15.0. The molecular formula is C16H21N3O2. The van der Waals surface area contributed by atoms with Crippen molar-refractivity contribution in [1.82, 2.24) is 15.2 Å². The number of hydrogen-bond donors (Lipinski definition) is 1. The lowest BCUT2D eigenvalue weighted by molar-refractivity contribution is -0.139. The Kier molecular flexibility index (Phi) is 3.43. The van der Waals surface area contributed by atoms with Crippen LogP contribution in [0.25, 0.3) is 0 Å². The van der Waals surface area contributed by atoms with E-state index in [0.717, 1.165) is 24.0 Å². The number of hydrogen-bond acceptors (Lipinski definition) is 3. The largest absolute Gasteiger partial charge is 0.342 e. The van der Waals surface area contributed by atoms with Gasteiger partial charge in [-0.2, -0.15) is 0 Å². The van der Waals surface area contributed by atoms with E-state index in [4.69, 9.17) is 0 Å². The molecule has 1 aliphatic heterocycles. The zero-order valence-corrected chi connectivity index (χ0v) is 12.6. The van der Waals surface area contributed by atoms with Gasteiger partial charge >= 0.3 is 0 Å². The average Bonchev–Trinajstić information content (AvgIpc) is 3.28. The van der Waals surface area contributed by atoms with Crippen molar-refractivity contribution in [3.05, 3.63) is 29.6 Å². The molecule has 5 heteroatoms. The Morgan fingerprint density at radius 2 is 2.19 bits per heavy atom. The van der Waals surface area contributed by atoms with Gasteiger partial charge in [-0.15, -0.1) is 0 Å². The van der Waals surface area contributed by atoms with Gasteiger partial charge in [0.15, 0.2) is 0 Å². The third kappa shape index (κ3) is 2.64. The average molecular weight is 287 g/mol. The molecule has 21 heavy (non-hydrogen) atoms. The molecule has 1 atom stereocenters. The van der Waals surface area contributed by atoms with Crippen LogP contribution >= 0.6 is 0 Å². The van der Waals surface area contributed by atoms with Crippen molar-refractivity contribution in [2.24, 2.45) is 5.92 Å². The van der Waals surface area contributed by atoms with Crippen LogP contribution in [-0.4, -0.2) is 33.8 Å². The van der Waals surface area contributed by atoms with Gasteiger partial charge in [0.2, 0.25) is 11.8 Å². The van der Waals surface area contributed by atoms with Crippen molar-refractivity contribution in [3.8, 4) is 0 Å². The third-order valence-corrected chi connectivity index (χ3v) is 4.63. The second kappa shape index (κ2) is 5.13. The van der Waals surface area contributed by atoms with E-state index in [9.17, 15) is 9.59 Å². The van der Waals surface area contributed by atoms with E-state index >= 15 is 0 Å². The van der Waals surface area contributed by atoms with Crippen molar-refractivity contribution in [2.45, 2.75) is 45.2 Å². The number of carbonyl (C=O) groups is 2. The second-order valence-corrected chi connectivity index (χ2v) is 6.30. The minimum absolute atomic E-state index is 0.0216. The molecule has 2 amide bonds. The van der Waals surface area contributed by atoms with Crippen LogP contribution in [0, 0.1) is 12.8 Å². The number of nitrogens with zero attached hydrogens (tertiary/aromatic N) is 2. The Balaban J connectivity index is 1.85. The number of amides is 2. The summed E-state index contributed by atoms with van der Waals surface area (Å²) in [4.78, 5) is 30.7. The number of carbonyl (C=O) groups excluding carboxylic acids is 2. The zero-order valence-electron chi connectivity index (χ0n) is 12.6. The van der Waals surface area contributed by atoms with E-state index in [-0.39, 0.29) is 17.7 Å². The highest BCUT2D eigenvalue weighted by molar-refractivity contribution is 5.93. The molecule has 0 radical (unpaired) electrons. The predicted octanol–water partition coefficient (Wildman–Crippen LogP) is 1.41. The quantitative estimate of drug-likeness (QED) is 0.914. The fourth-order valence-electron chi connectivity index (χ4n) is 3.05. The van der Waals surface area contributed by atoms with Crippen LogP contribution in [-0.2, 0) is 16.1 Å². The summed E-state index contributed by atoms with van der Waals surface area (Å²) < 4.78 is 0. The van der Waals surface area contributed by atoms with Crippen molar-refractivity contribution in [1.29, 1.82) is 0 Å². The van der Waals surface area contributed by atoms with Gasteiger partial charge < -0.3 is 10.2 Å². The summed E-state index contributed by atoms with van der Waals surface area (Å²) in [7, 11) is 0. The van der Waals surface area contributed by atoms with E-state index < -0.39 is 5.54 Å². The first-order valence-electron chi connectivity index (χ1n) is 7.50. The summed E-state index contributed by atoms with van der Waals surface area (Å²) in [5, 5.41) is 2.95. The summed E-state index contributed by atoms with van der Waals surface area (Å²) in [6, 6.07) is 1.94. The van der Waals surface area contributed by atoms with Crippen LogP contribution < -0.4 is 5.32 Å². The van der Waals surface area contributed by atoms with Gasteiger partial charge in [0, 0.05) is 31.9 Å². The van der Waals surface area contributed by atoms with E-state index in [1.165, 1.54) is 0 Å².